The molecule has 0 saturated heterocycles. The van der Waals surface area contributed by atoms with Crippen molar-refractivity contribution in [1.29, 1.82) is 0 Å². The first-order valence-electron chi connectivity index (χ1n) is 6.61. The summed E-state index contributed by atoms with van der Waals surface area (Å²) in [5.41, 5.74) is 1.72. The van der Waals surface area contributed by atoms with E-state index in [4.69, 9.17) is 11.7 Å². The summed E-state index contributed by atoms with van der Waals surface area (Å²) in [6.45, 7) is 7.24. The number of nitrogens with zero attached hydrogens (tertiary/aromatic N) is 1. The minimum Gasteiger partial charge on any atom is -0.481 e. The second kappa shape index (κ2) is 5.75. The van der Waals surface area contributed by atoms with Gasteiger partial charge in [-0.15, -0.1) is 0 Å². The lowest BCUT2D eigenvalue weighted by Gasteiger charge is -2.31. The molecule has 4 heteroatoms. The zero-order valence-corrected chi connectivity index (χ0v) is 10.9. The summed E-state index contributed by atoms with van der Waals surface area (Å²) in [5, 5.41) is 11.9. The van der Waals surface area contributed by atoms with Crippen molar-refractivity contribution in [1.82, 2.24) is 0 Å². The van der Waals surface area contributed by atoms with Crippen molar-refractivity contribution in [2.75, 3.05) is 5.32 Å². The van der Waals surface area contributed by atoms with Gasteiger partial charge in [-0.3, -0.25) is 9.64 Å². The van der Waals surface area contributed by atoms with E-state index in [0.717, 1.165) is 36.9 Å². The van der Waals surface area contributed by atoms with Gasteiger partial charge in [-0.2, -0.15) is 0 Å². The molecule has 0 amide bonds. The predicted octanol–water partition coefficient (Wildman–Crippen LogP) is 3.31. The van der Waals surface area contributed by atoms with Gasteiger partial charge in [0.2, 0.25) is 0 Å². The molecular formula is C15H18N2O2. The van der Waals surface area contributed by atoms with Crippen LogP contribution in [-0.2, 0) is 11.2 Å². The van der Waals surface area contributed by atoms with E-state index in [1.807, 2.05) is 24.3 Å². The molecule has 0 atom stereocenters. The summed E-state index contributed by atoms with van der Waals surface area (Å²) in [6.07, 6.45) is 4.59. The highest BCUT2D eigenvalue weighted by atomic mass is 16.4. The molecule has 2 rings (SSSR count). The molecule has 1 fully saturated rings. The van der Waals surface area contributed by atoms with Gasteiger partial charge in [0.25, 0.3) is 0 Å². The normalized spacial score (nSPS) is 16.2. The van der Waals surface area contributed by atoms with Gasteiger partial charge in [0, 0.05) is 24.9 Å². The van der Waals surface area contributed by atoms with Crippen LogP contribution in [0.15, 0.2) is 24.3 Å². The van der Waals surface area contributed by atoms with E-state index in [9.17, 15) is 4.79 Å². The van der Waals surface area contributed by atoms with Crippen molar-refractivity contribution in [2.24, 2.45) is 0 Å². The Morgan fingerprint density at radius 1 is 1.37 bits per heavy atom. The molecule has 1 saturated carbocycles. The lowest BCUT2D eigenvalue weighted by atomic mass is 9.85. The van der Waals surface area contributed by atoms with E-state index < -0.39 is 5.97 Å². The number of anilines is 1. The number of rotatable bonds is 6. The molecule has 1 aliphatic carbocycles. The minimum atomic E-state index is -0.748. The van der Waals surface area contributed by atoms with E-state index in [0.29, 0.717) is 6.42 Å². The van der Waals surface area contributed by atoms with Gasteiger partial charge in [0.1, 0.15) is 0 Å². The Hall–Kier alpha value is -2.02. The molecule has 1 aliphatic rings. The first-order valence-corrected chi connectivity index (χ1v) is 6.61. The van der Waals surface area contributed by atoms with Crippen LogP contribution in [0.4, 0.5) is 5.69 Å². The third-order valence-corrected chi connectivity index (χ3v) is 3.58. The molecule has 0 aliphatic heterocycles. The van der Waals surface area contributed by atoms with Gasteiger partial charge in [0.05, 0.1) is 0 Å². The second-order valence-corrected chi connectivity index (χ2v) is 5.07. The van der Waals surface area contributed by atoms with Crippen LogP contribution < -0.4 is 5.32 Å². The quantitative estimate of drug-likeness (QED) is 0.770. The largest absolute Gasteiger partial charge is 0.481 e. The maximum Gasteiger partial charge on any atom is 0.305 e. The molecule has 0 heterocycles. The number of nitrogens with one attached hydrogen (secondary N) is 1. The van der Waals surface area contributed by atoms with Gasteiger partial charge in [-0.25, -0.2) is 6.57 Å². The van der Waals surface area contributed by atoms with Crippen molar-refractivity contribution in [2.45, 2.75) is 44.2 Å². The number of benzene rings is 1. The van der Waals surface area contributed by atoms with Gasteiger partial charge >= 0.3 is 11.6 Å². The molecule has 0 spiro atoms. The summed E-state index contributed by atoms with van der Waals surface area (Å²) in [4.78, 5) is 14.1. The third-order valence-electron chi connectivity index (χ3n) is 3.58. The summed E-state index contributed by atoms with van der Waals surface area (Å²) < 4.78 is 0. The van der Waals surface area contributed by atoms with Crippen LogP contribution in [0.2, 0.25) is 0 Å². The third kappa shape index (κ3) is 3.47. The Morgan fingerprint density at radius 3 is 2.53 bits per heavy atom. The molecule has 2 N–H and O–H groups in total. The zero-order valence-electron chi connectivity index (χ0n) is 10.9. The van der Waals surface area contributed by atoms with E-state index in [1.165, 1.54) is 0 Å². The number of carboxylic acids is 1. The van der Waals surface area contributed by atoms with Crippen molar-refractivity contribution in [3.8, 4) is 0 Å². The summed E-state index contributed by atoms with van der Waals surface area (Å²) >= 11 is 0. The smallest absolute Gasteiger partial charge is 0.305 e. The Morgan fingerprint density at radius 2 is 2.05 bits per heavy atom. The summed E-state index contributed by atoms with van der Waals surface area (Å²) in [6, 6.07) is 7.95. The minimum absolute atomic E-state index is 0.209. The molecule has 19 heavy (non-hydrogen) atoms. The number of hydrogen-bond donors (Lipinski definition) is 2. The molecule has 100 valence electrons. The zero-order chi connectivity index (χ0) is 13.7. The average molecular weight is 258 g/mol. The van der Waals surface area contributed by atoms with Gasteiger partial charge < -0.3 is 10.4 Å². The fraction of sp³-hybridized carbons (Fsp3) is 0.467. The van der Waals surface area contributed by atoms with Crippen LogP contribution in [0.25, 0.3) is 4.85 Å². The predicted molar refractivity (Wildman–Crippen MR) is 73.8 cm³/mol. The van der Waals surface area contributed by atoms with Crippen molar-refractivity contribution < 1.29 is 9.90 Å². The van der Waals surface area contributed by atoms with E-state index >= 15 is 0 Å². The van der Waals surface area contributed by atoms with Crippen molar-refractivity contribution in [3.63, 3.8) is 0 Å². The van der Waals surface area contributed by atoms with E-state index in [-0.39, 0.29) is 12.1 Å². The van der Waals surface area contributed by atoms with Gasteiger partial charge in [0.15, 0.2) is 0 Å². The Balaban J connectivity index is 1.88. The maximum atomic E-state index is 10.4. The lowest BCUT2D eigenvalue weighted by molar-refractivity contribution is -0.137. The maximum absolute atomic E-state index is 10.4. The molecule has 0 radical (unpaired) electrons. The number of carbonyl (C=O) groups is 1. The molecular weight excluding hydrogens is 240 g/mol. The molecule has 0 unspecified atom stereocenters. The van der Waals surface area contributed by atoms with Crippen LogP contribution in [0.5, 0.6) is 0 Å². The monoisotopic (exact) mass is 258 g/mol. The molecule has 4 nitrogen and oxygen atoms in total. The topological polar surface area (TPSA) is 53.7 Å². The second-order valence-electron chi connectivity index (χ2n) is 5.07. The standard InChI is InChI=1S/C15H18N2O2/c1-16-15(10-3-11-15)17-13-8-6-12(7-9-13)4-2-5-14(18)19/h6-9,17H,2-5,10-11H2,(H,18,19). The van der Waals surface area contributed by atoms with Crippen LogP contribution in [0.3, 0.4) is 0 Å². The average Bonchev–Trinajstić information content (AvgIpc) is 2.35. The first-order chi connectivity index (χ1) is 9.13. The molecule has 0 bridgehead atoms. The number of hydrogen-bond acceptors (Lipinski definition) is 2. The van der Waals surface area contributed by atoms with Gasteiger partial charge in [-0.1, -0.05) is 12.1 Å². The highest BCUT2D eigenvalue weighted by Gasteiger charge is 2.43. The Bertz CT molecular complexity index is 484. The fourth-order valence-corrected chi connectivity index (χ4v) is 2.24. The first kappa shape index (κ1) is 13.4. The number of aryl methyl sites for hydroxylation is 1. The highest BCUT2D eigenvalue weighted by molar-refractivity contribution is 5.66. The van der Waals surface area contributed by atoms with E-state index in [2.05, 4.69) is 10.2 Å². The highest BCUT2D eigenvalue weighted by Crippen LogP contribution is 2.36. The van der Waals surface area contributed by atoms with Crippen LogP contribution >= 0.6 is 0 Å². The fourth-order valence-electron chi connectivity index (χ4n) is 2.24. The van der Waals surface area contributed by atoms with Gasteiger partial charge in [-0.05, 0) is 37.0 Å². The SMILES string of the molecule is [C-]#[N+]C1(Nc2ccc(CCCC(=O)O)cc2)CCC1. The lowest BCUT2D eigenvalue weighted by Crippen LogP contribution is -2.41. The van der Waals surface area contributed by atoms with Crippen LogP contribution in [-0.4, -0.2) is 16.7 Å². The molecule has 1 aromatic rings. The summed E-state index contributed by atoms with van der Waals surface area (Å²) in [7, 11) is 0. The Labute approximate surface area is 113 Å². The number of aliphatic carboxylic acids is 1. The van der Waals surface area contributed by atoms with Crippen LogP contribution in [0, 0.1) is 6.57 Å². The van der Waals surface area contributed by atoms with E-state index in [1.54, 1.807) is 0 Å². The number of carboxylic acid groups (broad SMARTS) is 1. The van der Waals surface area contributed by atoms with Crippen LogP contribution in [0.1, 0.15) is 37.7 Å². The Kier molecular flexibility index (Phi) is 4.06. The van der Waals surface area contributed by atoms with Crippen molar-refractivity contribution >= 4 is 11.7 Å². The molecule has 1 aromatic carbocycles. The summed E-state index contributed by atoms with van der Waals surface area (Å²) in [5.74, 6) is -0.748. The van der Waals surface area contributed by atoms with Crippen molar-refractivity contribution in [3.05, 3.63) is 41.2 Å². The molecule has 0 aromatic heterocycles.